The summed E-state index contributed by atoms with van der Waals surface area (Å²) < 4.78 is 7.79. The molecule has 0 bridgehead atoms. The summed E-state index contributed by atoms with van der Waals surface area (Å²) in [6.07, 6.45) is 1.90. The number of rotatable bonds is 6. The number of hydrogen-bond donors (Lipinski definition) is 1. The fourth-order valence-corrected chi connectivity index (χ4v) is 4.68. The fourth-order valence-electron chi connectivity index (χ4n) is 3.70. The lowest BCUT2D eigenvalue weighted by Crippen LogP contribution is -2.01. The van der Waals surface area contributed by atoms with Crippen molar-refractivity contribution < 1.29 is 4.74 Å². The lowest BCUT2D eigenvalue weighted by Gasteiger charge is -2.15. The first-order valence-electron chi connectivity index (χ1n) is 10.2. The minimum absolute atomic E-state index is 0.670. The van der Waals surface area contributed by atoms with Gasteiger partial charge in [0.05, 0.1) is 35.8 Å². The van der Waals surface area contributed by atoms with Gasteiger partial charge in [0.1, 0.15) is 11.6 Å². The highest BCUT2D eigenvalue weighted by Gasteiger charge is 2.18. The van der Waals surface area contributed by atoms with Gasteiger partial charge in [0.25, 0.3) is 0 Å². The second-order valence-electron chi connectivity index (χ2n) is 7.43. The first-order valence-corrected chi connectivity index (χ1v) is 11.5. The number of thioether (sulfide) groups is 1. The van der Waals surface area contributed by atoms with E-state index < -0.39 is 0 Å². The van der Waals surface area contributed by atoms with Crippen LogP contribution in [-0.4, -0.2) is 26.6 Å². The molecule has 2 aromatic heterocycles. The van der Waals surface area contributed by atoms with Crippen molar-refractivity contribution in [3.8, 4) is 22.7 Å². The Bertz CT molecular complexity index is 1360. The third-order valence-electron chi connectivity index (χ3n) is 5.22. The van der Waals surface area contributed by atoms with Gasteiger partial charge in [-0.3, -0.25) is 4.57 Å². The number of aryl methyl sites for hydroxylation is 1. The molecule has 0 spiro atoms. The second-order valence-corrected chi connectivity index (χ2v) is 8.81. The topological polar surface area (TPSA) is 55.7 Å². The largest absolute Gasteiger partial charge is 0.496 e. The number of halogens is 1. The van der Waals surface area contributed by atoms with Crippen LogP contribution in [0.25, 0.3) is 28.0 Å². The van der Waals surface area contributed by atoms with E-state index in [0.717, 1.165) is 50.3 Å². The molecule has 0 aliphatic rings. The molecule has 0 atom stereocenters. The molecular weight excluding hydrogens is 440 g/mol. The molecule has 7 heteroatoms. The standard InChI is InChI=1S/C25H21ClN4OS/c1-16-7-12-23(31-2)19(13-16)22-14-27-25(30(22)18-10-8-17(26)9-11-18)32-15-24-28-20-5-3-4-6-21(20)29-24/h3-14H,15H2,1-2H3,(H,28,29). The summed E-state index contributed by atoms with van der Waals surface area (Å²) in [6, 6.07) is 22.0. The van der Waals surface area contributed by atoms with Gasteiger partial charge >= 0.3 is 0 Å². The van der Waals surface area contributed by atoms with E-state index in [0.29, 0.717) is 10.8 Å². The predicted molar refractivity (Wildman–Crippen MR) is 131 cm³/mol. The number of ether oxygens (including phenoxy) is 1. The third kappa shape index (κ3) is 3.99. The quantitative estimate of drug-likeness (QED) is 0.287. The summed E-state index contributed by atoms with van der Waals surface area (Å²) in [6.45, 7) is 2.07. The molecule has 0 amide bonds. The monoisotopic (exact) mass is 460 g/mol. The number of aromatic nitrogens is 4. The van der Waals surface area contributed by atoms with E-state index in [9.17, 15) is 0 Å². The maximum absolute atomic E-state index is 6.16. The van der Waals surface area contributed by atoms with Crippen molar-refractivity contribution in [3.05, 3.63) is 89.3 Å². The predicted octanol–water partition coefficient (Wildman–Crippen LogP) is 6.68. The number of nitrogens with one attached hydrogen (secondary N) is 1. The van der Waals surface area contributed by atoms with Gasteiger partial charge in [-0.15, -0.1) is 0 Å². The highest BCUT2D eigenvalue weighted by Crippen LogP contribution is 2.36. The number of H-pyrrole nitrogens is 1. The Labute approximate surface area is 195 Å². The molecule has 5 nitrogen and oxygen atoms in total. The van der Waals surface area contributed by atoms with Crippen LogP contribution in [0.15, 0.2) is 78.1 Å². The van der Waals surface area contributed by atoms with Gasteiger partial charge in [-0.1, -0.05) is 47.1 Å². The maximum Gasteiger partial charge on any atom is 0.173 e. The average molecular weight is 461 g/mol. The van der Waals surface area contributed by atoms with Crippen LogP contribution in [0.2, 0.25) is 5.02 Å². The lowest BCUT2D eigenvalue weighted by molar-refractivity contribution is 0.416. The molecule has 0 radical (unpaired) electrons. The van der Waals surface area contributed by atoms with E-state index >= 15 is 0 Å². The van der Waals surface area contributed by atoms with Gasteiger partial charge in [0, 0.05) is 16.3 Å². The first-order chi connectivity index (χ1) is 15.6. The van der Waals surface area contributed by atoms with Crippen LogP contribution >= 0.6 is 23.4 Å². The van der Waals surface area contributed by atoms with Crippen LogP contribution in [0.4, 0.5) is 0 Å². The summed E-state index contributed by atoms with van der Waals surface area (Å²) in [5.41, 5.74) is 6.09. The lowest BCUT2D eigenvalue weighted by atomic mass is 10.1. The number of imidazole rings is 2. The number of aromatic amines is 1. The molecule has 160 valence electrons. The molecule has 0 saturated heterocycles. The van der Waals surface area contributed by atoms with Crippen LogP contribution in [0.5, 0.6) is 5.75 Å². The average Bonchev–Trinajstić information content (AvgIpc) is 3.42. The van der Waals surface area contributed by atoms with E-state index in [1.165, 1.54) is 0 Å². The van der Waals surface area contributed by atoms with Crippen molar-refractivity contribution in [2.75, 3.05) is 7.11 Å². The number of hydrogen-bond acceptors (Lipinski definition) is 4. The summed E-state index contributed by atoms with van der Waals surface area (Å²) >= 11 is 7.79. The zero-order valence-electron chi connectivity index (χ0n) is 17.7. The molecule has 5 rings (SSSR count). The van der Waals surface area contributed by atoms with Gasteiger partial charge in [0.15, 0.2) is 5.16 Å². The smallest absolute Gasteiger partial charge is 0.173 e. The Morgan fingerprint density at radius 3 is 2.66 bits per heavy atom. The van der Waals surface area contributed by atoms with Crippen LogP contribution in [0.1, 0.15) is 11.4 Å². The normalized spacial score (nSPS) is 11.2. The van der Waals surface area contributed by atoms with Gasteiger partial charge in [-0.2, -0.15) is 0 Å². The van der Waals surface area contributed by atoms with E-state index in [2.05, 4.69) is 22.5 Å². The summed E-state index contributed by atoms with van der Waals surface area (Å²) in [4.78, 5) is 12.8. The molecule has 2 heterocycles. The zero-order chi connectivity index (χ0) is 22.1. The molecule has 0 unspecified atom stereocenters. The maximum atomic E-state index is 6.16. The van der Waals surface area contributed by atoms with Crippen molar-refractivity contribution in [1.82, 2.24) is 19.5 Å². The van der Waals surface area contributed by atoms with Crippen molar-refractivity contribution >= 4 is 34.4 Å². The summed E-state index contributed by atoms with van der Waals surface area (Å²) in [5.74, 6) is 2.39. The zero-order valence-corrected chi connectivity index (χ0v) is 19.2. The van der Waals surface area contributed by atoms with E-state index in [1.54, 1.807) is 18.9 Å². The first kappa shape index (κ1) is 20.7. The Kier molecular flexibility index (Phi) is 5.64. The summed E-state index contributed by atoms with van der Waals surface area (Å²) in [5, 5.41) is 1.56. The Morgan fingerprint density at radius 1 is 1.06 bits per heavy atom. The molecule has 0 aliphatic carbocycles. The van der Waals surface area contributed by atoms with E-state index in [-0.39, 0.29) is 0 Å². The van der Waals surface area contributed by atoms with E-state index in [4.69, 9.17) is 26.3 Å². The second kappa shape index (κ2) is 8.73. The van der Waals surface area contributed by atoms with Gasteiger partial charge in [-0.05, 0) is 55.5 Å². The van der Waals surface area contributed by atoms with Crippen molar-refractivity contribution in [3.63, 3.8) is 0 Å². The molecule has 0 fully saturated rings. The molecule has 32 heavy (non-hydrogen) atoms. The van der Waals surface area contributed by atoms with Crippen LogP contribution in [0, 0.1) is 6.92 Å². The summed E-state index contributed by atoms with van der Waals surface area (Å²) in [7, 11) is 1.69. The van der Waals surface area contributed by atoms with E-state index in [1.807, 2.05) is 66.9 Å². The third-order valence-corrected chi connectivity index (χ3v) is 6.44. The van der Waals surface area contributed by atoms with Crippen LogP contribution in [0.3, 0.4) is 0 Å². The molecule has 5 aromatic rings. The molecular formula is C25H21ClN4OS. The highest BCUT2D eigenvalue weighted by atomic mass is 35.5. The molecule has 3 aromatic carbocycles. The number of para-hydroxylation sites is 2. The number of fused-ring (bicyclic) bond motifs is 1. The Balaban J connectivity index is 1.57. The van der Waals surface area contributed by atoms with Crippen molar-refractivity contribution in [1.29, 1.82) is 0 Å². The number of nitrogens with zero attached hydrogens (tertiary/aromatic N) is 3. The van der Waals surface area contributed by atoms with Gasteiger partial charge in [-0.25, -0.2) is 9.97 Å². The van der Waals surface area contributed by atoms with Gasteiger partial charge < -0.3 is 9.72 Å². The van der Waals surface area contributed by atoms with Crippen LogP contribution in [-0.2, 0) is 5.75 Å². The highest BCUT2D eigenvalue weighted by molar-refractivity contribution is 7.98. The molecule has 0 saturated carbocycles. The van der Waals surface area contributed by atoms with Crippen molar-refractivity contribution in [2.24, 2.45) is 0 Å². The SMILES string of the molecule is COc1ccc(C)cc1-c1cnc(SCc2nc3ccccc3[nH]2)n1-c1ccc(Cl)cc1. The van der Waals surface area contributed by atoms with Gasteiger partial charge in [0.2, 0.25) is 0 Å². The Hall–Kier alpha value is -3.22. The van der Waals surface area contributed by atoms with Crippen LogP contribution < -0.4 is 4.74 Å². The molecule has 1 N–H and O–H groups in total. The number of benzene rings is 3. The van der Waals surface area contributed by atoms with Crippen molar-refractivity contribution in [2.45, 2.75) is 17.8 Å². The Morgan fingerprint density at radius 2 is 1.88 bits per heavy atom. The minimum Gasteiger partial charge on any atom is -0.496 e. The fraction of sp³-hybridized carbons (Fsp3) is 0.120. The minimum atomic E-state index is 0.670. The molecule has 0 aliphatic heterocycles. The number of methoxy groups -OCH3 is 1.